The Morgan fingerprint density at radius 3 is 2.72 bits per heavy atom. The highest BCUT2D eigenvalue weighted by atomic mass is 16.5. The van der Waals surface area contributed by atoms with Gasteiger partial charge in [-0.15, -0.1) is 10.2 Å². The molecule has 0 fully saturated rings. The van der Waals surface area contributed by atoms with Crippen molar-refractivity contribution in [3.05, 3.63) is 35.7 Å². The fraction of sp³-hybridized carbons (Fsp3) is 0.417. The maximum atomic E-state index is 10.6. The topological polar surface area (TPSA) is 73.1 Å². The number of tetrazole rings is 1. The first kappa shape index (κ1) is 12.5. The van der Waals surface area contributed by atoms with Crippen molar-refractivity contribution in [3.63, 3.8) is 0 Å². The summed E-state index contributed by atoms with van der Waals surface area (Å²) in [7, 11) is 3.27. The summed E-state index contributed by atoms with van der Waals surface area (Å²) in [5.41, 5.74) is -0.393. The van der Waals surface area contributed by atoms with Crippen LogP contribution in [0.5, 0.6) is 5.75 Å². The zero-order valence-corrected chi connectivity index (χ0v) is 10.7. The van der Waals surface area contributed by atoms with E-state index in [-0.39, 0.29) is 6.42 Å². The normalized spacial score (nSPS) is 14.2. The third-order valence-electron chi connectivity index (χ3n) is 2.74. The third kappa shape index (κ3) is 2.48. The largest absolute Gasteiger partial charge is 0.496 e. The van der Waals surface area contributed by atoms with E-state index in [0.717, 1.165) is 0 Å². The number of nitrogens with zero attached hydrogens (tertiary/aromatic N) is 4. The number of rotatable bonds is 4. The minimum absolute atomic E-state index is 0.279. The molecule has 2 aromatic rings. The van der Waals surface area contributed by atoms with Crippen LogP contribution in [0.25, 0.3) is 0 Å². The number of aromatic nitrogens is 4. The van der Waals surface area contributed by atoms with Crippen LogP contribution in [0.2, 0.25) is 0 Å². The van der Waals surface area contributed by atoms with Gasteiger partial charge in [0.2, 0.25) is 0 Å². The quantitative estimate of drug-likeness (QED) is 0.860. The van der Waals surface area contributed by atoms with Crippen LogP contribution in [0.4, 0.5) is 0 Å². The van der Waals surface area contributed by atoms with E-state index in [1.807, 2.05) is 24.3 Å². The predicted molar refractivity (Wildman–Crippen MR) is 65.1 cm³/mol. The Kier molecular flexibility index (Phi) is 3.29. The van der Waals surface area contributed by atoms with Crippen molar-refractivity contribution in [1.82, 2.24) is 20.2 Å². The summed E-state index contributed by atoms with van der Waals surface area (Å²) in [6.45, 7) is 1.71. The van der Waals surface area contributed by atoms with E-state index in [4.69, 9.17) is 4.74 Å². The van der Waals surface area contributed by atoms with E-state index >= 15 is 0 Å². The van der Waals surface area contributed by atoms with Crippen molar-refractivity contribution in [3.8, 4) is 5.75 Å². The van der Waals surface area contributed by atoms with Crippen molar-refractivity contribution in [2.45, 2.75) is 18.9 Å². The standard InChI is InChI=1S/C12H16N4O2/c1-12(17,8-11-13-15-16(2)14-11)9-6-4-5-7-10(9)18-3/h4-7,17H,8H2,1-3H3. The molecule has 1 atom stereocenters. The molecule has 0 radical (unpaired) electrons. The molecule has 1 aromatic carbocycles. The molecule has 0 bridgehead atoms. The summed E-state index contributed by atoms with van der Waals surface area (Å²) in [6.07, 6.45) is 0.279. The van der Waals surface area contributed by atoms with Crippen molar-refractivity contribution >= 4 is 0 Å². The third-order valence-corrected chi connectivity index (χ3v) is 2.74. The zero-order chi connectivity index (χ0) is 13.2. The summed E-state index contributed by atoms with van der Waals surface area (Å²) < 4.78 is 5.25. The summed E-state index contributed by atoms with van der Waals surface area (Å²) in [5, 5.41) is 22.3. The lowest BCUT2D eigenvalue weighted by Crippen LogP contribution is -2.25. The molecule has 0 saturated heterocycles. The van der Waals surface area contributed by atoms with Crippen molar-refractivity contribution < 1.29 is 9.84 Å². The second-order valence-corrected chi connectivity index (χ2v) is 4.35. The first-order chi connectivity index (χ1) is 8.53. The highest BCUT2D eigenvalue weighted by molar-refractivity contribution is 5.37. The number of ether oxygens (including phenoxy) is 1. The lowest BCUT2D eigenvalue weighted by molar-refractivity contribution is 0.0528. The second kappa shape index (κ2) is 4.73. The number of aryl methyl sites for hydroxylation is 1. The Morgan fingerprint density at radius 2 is 2.11 bits per heavy atom. The van der Waals surface area contributed by atoms with Gasteiger partial charge in [0.05, 0.1) is 19.8 Å². The molecular weight excluding hydrogens is 232 g/mol. The van der Waals surface area contributed by atoms with Gasteiger partial charge >= 0.3 is 0 Å². The number of aliphatic hydroxyl groups is 1. The fourth-order valence-electron chi connectivity index (χ4n) is 1.89. The minimum atomic E-state index is -1.10. The molecule has 6 nitrogen and oxygen atoms in total. The monoisotopic (exact) mass is 248 g/mol. The van der Waals surface area contributed by atoms with Crippen LogP contribution in [-0.4, -0.2) is 32.4 Å². The maximum absolute atomic E-state index is 10.6. The van der Waals surface area contributed by atoms with E-state index < -0.39 is 5.60 Å². The number of hydrogen-bond acceptors (Lipinski definition) is 5. The Labute approximate surface area is 105 Å². The van der Waals surface area contributed by atoms with Gasteiger partial charge < -0.3 is 9.84 Å². The van der Waals surface area contributed by atoms with Crippen LogP contribution < -0.4 is 4.74 Å². The molecule has 0 amide bonds. The summed E-state index contributed by atoms with van der Waals surface area (Å²) in [6, 6.07) is 7.36. The first-order valence-corrected chi connectivity index (χ1v) is 5.61. The van der Waals surface area contributed by atoms with Gasteiger partial charge in [0.1, 0.15) is 5.75 Å². The molecule has 1 unspecified atom stereocenters. The lowest BCUT2D eigenvalue weighted by Gasteiger charge is -2.24. The van der Waals surface area contributed by atoms with Gasteiger partial charge in [-0.05, 0) is 18.2 Å². The second-order valence-electron chi connectivity index (χ2n) is 4.35. The molecule has 0 aliphatic rings. The fourth-order valence-corrected chi connectivity index (χ4v) is 1.89. The van der Waals surface area contributed by atoms with Crippen LogP contribution in [0, 0.1) is 0 Å². The Bertz CT molecular complexity index is 536. The number of methoxy groups -OCH3 is 1. The van der Waals surface area contributed by atoms with Gasteiger partial charge in [-0.3, -0.25) is 0 Å². The van der Waals surface area contributed by atoms with Crippen molar-refractivity contribution in [2.75, 3.05) is 7.11 Å². The molecule has 0 aliphatic heterocycles. The molecule has 1 heterocycles. The van der Waals surface area contributed by atoms with Gasteiger partial charge in [0, 0.05) is 12.0 Å². The summed E-state index contributed by atoms with van der Waals surface area (Å²) in [5.74, 6) is 1.14. The highest BCUT2D eigenvalue weighted by Gasteiger charge is 2.28. The van der Waals surface area contributed by atoms with E-state index in [0.29, 0.717) is 17.1 Å². The van der Waals surface area contributed by atoms with E-state index in [9.17, 15) is 5.11 Å². The number of benzene rings is 1. The van der Waals surface area contributed by atoms with Crippen LogP contribution in [0.3, 0.4) is 0 Å². The maximum Gasteiger partial charge on any atom is 0.178 e. The molecule has 0 saturated carbocycles. The van der Waals surface area contributed by atoms with Gasteiger partial charge in [0.25, 0.3) is 0 Å². The van der Waals surface area contributed by atoms with Crippen LogP contribution in [0.15, 0.2) is 24.3 Å². The van der Waals surface area contributed by atoms with Gasteiger partial charge in [-0.1, -0.05) is 18.2 Å². The molecule has 1 aromatic heterocycles. The molecule has 96 valence electrons. The molecule has 18 heavy (non-hydrogen) atoms. The Balaban J connectivity index is 2.29. The van der Waals surface area contributed by atoms with Gasteiger partial charge in [-0.2, -0.15) is 4.80 Å². The van der Waals surface area contributed by atoms with E-state index in [1.165, 1.54) is 4.80 Å². The molecular formula is C12H16N4O2. The SMILES string of the molecule is COc1ccccc1C(C)(O)Cc1nnn(C)n1. The van der Waals surface area contributed by atoms with E-state index in [2.05, 4.69) is 15.4 Å². The Morgan fingerprint density at radius 1 is 1.39 bits per heavy atom. The predicted octanol–water partition coefficient (Wildman–Crippen LogP) is 0.669. The average Bonchev–Trinajstić information content (AvgIpc) is 2.74. The number of para-hydroxylation sites is 1. The van der Waals surface area contributed by atoms with Gasteiger partial charge in [0.15, 0.2) is 5.82 Å². The van der Waals surface area contributed by atoms with Crippen LogP contribution >= 0.6 is 0 Å². The first-order valence-electron chi connectivity index (χ1n) is 5.61. The van der Waals surface area contributed by atoms with Crippen molar-refractivity contribution in [1.29, 1.82) is 0 Å². The highest BCUT2D eigenvalue weighted by Crippen LogP contribution is 2.31. The summed E-state index contributed by atoms with van der Waals surface area (Å²) >= 11 is 0. The minimum Gasteiger partial charge on any atom is -0.496 e. The molecule has 0 spiro atoms. The molecule has 2 rings (SSSR count). The van der Waals surface area contributed by atoms with Crippen molar-refractivity contribution in [2.24, 2.45) is 7.05 Å². The van der Waals surface area contributed by atoms with Crippen LogP contribution in [0.1, 0.15) is 18.3 Å². The molecule has 1 N–H and O–H groups in total. The Hall–Kier alpha value is -1.95. The average molecular weight is 248 g/mol. The number of hydrogen-bond donors (Lipinski definition) is 1. The molecule has 0 aliphatic carbocycles. The summed E-state index contributed by atoms with van der Waals surface area (Å²) in [4.78, 5) is 1.37. The smallest absolute Gasteiger partial charge is 0.178 e. The zero-order valence-electron chi connectivity index (χ0n) is 10.7. The lowest BCUT2D eigenvalue weighted by atomic mass is 9.91. The molecule has 6 heteroatoms. The van der Waals surface area contributed by atoms with Crippen LogP contribution in [-0.2, 0) is 19.1 Å². The van der Waals surface area contributed by atoms with Gasteiger partial charge in [-0.25, -0.2) is 0 Å². The van der Waals surface area contributed by atoms with E-state index in [1.54, 1.807) is 21.1 Å².